The second kappa shape index (κ2) is 10.4. The smallest absolute Gasteiger partial charge is 0.191 e. The number of nitrogens with zero attached hydrogens (tertiary/aromatic N) is 2. The van der Waals surface area contributed by atoms with Crippen molar-refractivity contribution in [2.24, 2.45) is 4.99 Å². The summed E-state index contributed by atoms with van der Waals surface area (Å²) in [6, 6.07) is 13.0. The van der Waals surface area contributed by atoms with Crippen LogP contribution < -0.4 is 20.3 Å². The molecule has 0 amide bonds. The molecule has 1 aromatic carbocycles. The second-order valence-electron chi connectivity index (χ2n) is 7.22. The molecule has 0 aliphatic carbocycles. The van der Waals surface area contributed by atoms with Gasteiger partial charge in [0, 0.05) is 38.1 Å². The fourth-order valence-electron chi connectivity index (χ4n) is 3.61. The molecule has 0 bridgehead atoms. The maximum atomic E-state index is 5.50. The number of anilines is 1. The summed E-state index contributed by atoms with van der Waals surface area (Å²) in [7, 11) is 1.73. The van der Waals surface area contributed by atoms with Crippen LogP contribution in [0, 0.1) is 0 Å². The van der Waals surface area contributed by atoms with Gasteiger partial charge in [-0.3, -0.25) is 4.99 Å². The number of guanidine groups is 1. The molecular formula is C22H32N4OS. The van der Waals surface area contributed by atoms with Gasteiger partial charge in [-0.1, -0.05) is 25.1 Å². The van der Waals surface area contributed by atoms with Gasteiger partial charge in [-0.15, -0.1) is 11.3 Å². The van der Waals surface area contributed by atoms with E-state index in [1.54, 1.807) is 7.11 Å². The molecule has 2 heterocycles. The van der Waals surface area contributed by atoms with Crippen molar-refractivity contribution in [2.75, 3.05) is 38.2 Å². The van der Waals surface area contributed by atoms with Crippen molar-refractivity contribution in [1.29, 1.82) is 0 Å². The molecule has 152 valence electrons. The summed E-state index contributed by atoms with van der Waals surface area (Å²) in [6.45, 7) is 8.09. The van der Waals surface area contributed by atoms with E-state index in [-0.39, 0.29) is 0 Å². The molecule has 6 heteroatoms. The Bertz CT molecular complexity index is 739. The number of benzene rings is 1. The fourth-order valence-corrected chi connectivity index (χ4v) is 4.39. The van der Waals surface area contributed by atoms with E-state index in [4.69, 9.17) is 9.73 Å². The van der Waals surface area contributed by atoms with Crippen LogP contribution in [0.5, 0.6) is 5.75 Å². The van der Waals surface area contributed by atoms with Crippen molar-refractivity contribution in [3.63, 3.8) is 0 Å². The molecule has 3 rings (SSSR count). The normalized spacial score (nSPS) is 16.7. The average molecular weight is 401 g/mol. The molecule has 1 unspecified atom stereocenters. The van der Waals surface area contributed by atoms with Gasteiger partial charge in [0.1, 0.15) is 5.75 Å². The largest absolute Gasteiger partial charge is 0.496 e. The van der Waals surface area contributed by atoms with Gasteiger partial charge in [-0.25, -0.2) is 0 Å². The van der Waals surface area contributed by atoms with Gasteiger partial charge in [-0.2, -0.15) is 0 Å². The van der Waals surface area contributed by atoms with Crippen molar-refractivity contribution >= 4 is 22.3 Å². The molecule has 0 saturated carbocycles. The first-order chi connectivity index (χ1) is 13.7. The third-order valence-electron chi connectivity index (χ3n) is 5.19. The number of para-hydroxylation sites is 1. The minimum absolute atomic E-state index is 0.298. The molecule has 28 heavy (non-hydrogen) atoms. The molecule has 2 N–H and O–H groups in total. The van der Waals surface area contributed by atoms with Crippen molar-refractivity contribution in [1.82, 2.24) is 10.6 Å². The first-order valence-electron chi connectivity index (χ1n) is 10.2. The topological polar surface area (TPSA) is 48.9 Å². The number of ether oxygens (including phenoxy) is 1. The summed E-state index contributed by atoms with van der Waals surface area (Å²) in [5.74, 6) is 2.15. The van der Waals surface area contributed by atoms with Crippen LogP contribution in [-0.2, 0) is 0 Å². The van der Waals surface area contributed by atoms with Crippen molar-refractivity contribution in [3.8, 4) is 5.75 Å². The van der Waals surface area contributed by atoms with Gasteiger partial charge < -0.3 is 20.3 Å². The lowest BCUT2D eigenvalue weighted by Crippen LogP contribution is -2.48. The summed E-state index contributed by atoms with van der Waals surface area (Å²) in [5.41, 5.74) is 1.20. The molecule has 5 nitrogen and oxygen atoms in total. The van der Waals surface area contributed by atoms with E-state index >= 15 is 0 Å². The minimum Gasteiger partial charge on any atom is -0.496 e. The summed E-state index contributed by atoms with van der Waals surface area (Å²) in [5, 5.41) is 10.6. The highest BCUT2D eigenvalue weighted by atomic mass is 32.1. The molecule has 2 aromatic rings. The van der Waals surface area contributed by atoms with E-state index in [9.17, 15) is 0 Å². The monoisotopic (exact) mass is 400 g/mol. The molecule has 1 aliphatic rings. The van der Waals surface area contributed by atoms with E-state index < -0.39 is 0 Å². The van der Waals surface area contributed by atoms with Gasteiger partial charge in [0.25, 0.3) is 0 Å². The molecular weight excluding hydrogens is 368 g/mol. The predicted molar refractivity (Wildman–Crippen MR) is 120 cm³/mol. The lowest BCUT2D eigenvalue weighted by Gasteiger charge is -2.33. The maximum absolute atomic E-state index is 5.50. The van der Waals surface area contributed by atoms with Crippen LogP contribution in [0.15, 0.2) is 46.8 Å². The predicted octanol–water partition coefficient (Wildman–Crippen LogP) is 4.08. The third kappa shape index (κ3) is 5.41. The highest BCUT2D eigenvalue weighted by Gasteiger charge is 2.21. The van der Waals surface area contributed by atoms with Gasteiger partial charge >= 0.3 is 0 Å². The number of hydrogen-bond donors (Lipinski definition) is 2. The lowest BCUT2D eigenvalue weighted by molar-refractivity contribution is 0.406. The number of thiophene rings is 1. The van der Waals surface area contributed by atoms with Crippen LogP contribution >= 0.6 is 11.3 Å². The van der Waals surface area contributed by atoms with E-state index in [1.807, 2.05) is 23.5 Å². The van der Waals surface area contributed by atoms with Gasteiger partial charge in [-0.05, 0) is 48.9 Å². The van der Waals surface area contributed by atoms with Crippen LogP contribution in [0.4, 0.5) is 5.00 Å². The number of rotatable bonds is 7. The second-order valence-corrected chi connectivity index (χ2v) is 8.15. The van der Waals surface area contributed by atoms with E-state index in [2.05, 4.69) is 59.0 Å². The molecule has 1 aliphatic heterocycles. The molecule has 0 spiro atoms. The van der Waals surface area contributed by atoms with Crippen molar-refractivity contribution in [3.05, 3.63) is 47.3 Å². The first-order valence-corrected chi connectivity index (χ1v) is 11.1. The number of piperidine rings is 1. The minimum atomic E-state index is 0.298. The number of methoxy groups -OCH3 is 1. The van der Waals surface area contributed by atoms with Crippen LogP contribution in [-0.4, -0.2) is 45.3 Å². The van der Waals surface area contributed by atoms with Crippen molar-refractivity contribution < 1.29 is 4.74 Å². The van der Waals surface area contributed by atoms with Crippen LogP contribution in [0.1, 0.15) is 38.2 Å². The molecule has 0 radical (unpaired) electrons. The third-order valence-corrected chi connectivity index (χ3v) is 6.12. The highest BCUT2D eigenvalue weighted by molar-refractivity contribution is 7.14. The fraction of sp³-hybridized carbons (Fsp3) is 0.500. The summed E-state index contributed by atoms with van der Waals surface area (Å²) in [6.07, 6.45) is 2.26. The standard InChI is InChI=1S/C22H32N4OS/c1-4-23-22(24-16-17(2)19-8-5-6-9-20(19)27-3)25-18-11-13-26(14-12-18)21-10-7-15-28-21/h5-10,15,17-18H,4,11-14,16H2,1-3H3,(H2,23,24,25). The van der Waals surface area contributed by atoms with E-state index in [0.717, 1.165) is 50.7 Å². The molecule has 1 fully saturated rings. The number of nitrogens with one attached hydrogen (secondary N) is 2. The Morgan fingerprint density at radius 2 is 2.04 bits per heavy atom. The zero-order valence-corrected chi connectivity index (χ0v) is 18.0. The Kier molecular flexibility index (Phi) is 7.60. The Balaban J connectivity index is 1.55. The van der Waals surface area contributed by atoms with Gasteiger partial charge in [0.05, 0.1) is 12.1 Å². The first kappa shape index (κ1) is 20.5. The summed E-state index contributed by atoms with van der Waals surface area (Å²) in [4.78, 5) is 7.34. The number of aliphatic imine (C=N–C) groups is 1. The molecule has 1 saturated heterocycles. The lowest BCUT2D eigenvalue weighted by atomic mass is 10.0. The molecule has 1 atom stereocenters. The Labute approximate surface area is 172 Å². The van der Waals surface area contributed by atoms with E-state index in [1.165, 1.54) is 10.6 Å². The summed E-state index contributed by atoms with van der Waals surface area (Å²) < 4.78 is 5.50. The summed E-state index contributed by atoms with van der Waals surface area (Å²) >= 11 is 1.82. The SMILES string of the molecule is CCNC(=NCC(C)c1ccccc1OC)NC1CCN(c2cccs2)CC1. The Hall–Kier alpha value is -2.21. The van der Waals surface area contributed by atoms with Gasteiger partial charge in [0.15, 0.2) is 5.96 Å². The van der Waals surface area contributed by atoms with Gasteiger partial charge in [0.2, 0.25) is 0 Å². The Morgan fingerprint density at radius 1 is 1.25 bits per heavy atom. The quantitative estimate of drug-likeness (QED) is 0.543. The van der Waals surface area contributed by atoms with Crippen molar-refractivity contribution in [2.45, 2.75) is 38.6 Å². The van der Waals surface area contributed by atoms with Crippen LogP contribution in [0.2, 0.25) is 0 Å². The van der Waals surface area contributed by atoms with Crippen LogP contribution in [0.25, 0.3) is 0 Å². The highest BCUT2D eigenvalue weighted by Crippen LogP contribution is 2.26. The van der Waals surface area contributed by atoms with Crippen LogP contribution in [0.3, 0.4) is 0 Å². The molecule has 1 aromatic heterocycles. The zero-order valence-electron chi connectivity index (χ0n) is 17.1. The number of hydrogen-bond acceptors (Lipinski definition) is 4. The maximum Gasteiger partial charge on any atom is 0.191 e. The average Bonchev–Trinajstić information content (AvgIpc) is 3.27. The van der Waals surface area contributed by atoms with E-state index in [0.29, 0.717) is 12.0 Å². The zero-order chi connectivity index (χ0) is 19.8. The Morgan fingerprint density at radius 3 is 2.71 bits per heavy atom.